The van der Waals surface area contributed by atoms with Crippen LogP contribution in [0, 0.1) is 6.57 Å². The summed E-state index contributed by atoms with van der Waals surface area (Å²) in [6.45, 7) is 6.92. The summed E-state index contributed by atoms with van der Waals surface area (Å²) in [5, 5.41) is 31.5. The molecule has 0 aromatic carbocycles. The third-order valence-electron chi connectivity index (χ3n) is 4.85. The molecule has 0 aliphatic carbocycles. The topological polar surface area (TPSA) is 146 Å². The summed E-state index contributed by atoms with van der Waals surface area (Å²) in [6.07, 6.45) is 0.233. The van der Waals surface area contributed by atoms with Crippen LogP contribution in [0.2, 0.25) is 5.02 Å². The lowest BCUT2D eigenvalue weighted by molar-refractivity contribution is -0.186. The van der Waals surface area contributed by atoms with E-state index >= 15 is 0 Å². The van der Waals surface area contributed by atoms with Gasteiger partial charge in [0.1, 0.15) is 47.4 Å². The average Bonchev–Trinajstić information content (AvgIpc) is 3.43. The molecule has 14 heteroatoms. The van der Waals surface area contributed by atoms with Gasteiger partial charge in [0.2, 0.25) is 0 Å². The first-order valence-corrected chi connectivity index (χ1v) is 11.4. The zero-order valence-corrected chi connectivity index (χ0v) is 19.0. The van der Waals surface area contributed by atoms with Crippen molar-refractivity contribution in [2.24, 2.45) is 0 Å². The Morgan fingerprint density at radius 1 is 1.47 bits per heavy atom. The number of thioether (sulfide) groups is 1. The highest BCUT2D eigenvalue weighted by Gasteiger charge is 2.47. The number of pyridine rings is 1. The lowest BCUT2D eigenvalue weighted by Crippen LogP contribution is -2.55. The Morgan fingerprint density at radius 3 is 2.94 bits per heavy atom. The van der Waals surface area contributed by atoms with Crippen molar-refractivity contribution in [1.82, 2.24) is 25.0 Å². The molecule has 0 bridgehead atoms. The van der Waals surface area contributed by atoms with Gasteiger partial charge in [0.25, 0.3) is 5.82 Å². The van der Waals surface area contributed by atoms with Crippen molar-refractivity contribution >= 4 is 45.6 Å². The number of aliphatic hydroxyl groups excluding tert-OH is 2. The van der Waals surface area contributed by atoms with Crippen LogP contribution in [-0.2, 0) is 9.47 Å². The van der Waals surface area contributed by atoms with E-state index in [0.29, 0.717) is 26.4 Å². The molecule has 11 nitrogen and oxygen atoms in total. The van der Waals surface area contributed by atoms with Crippen molar-refractivity contribution < 1.29 is 19.7 Å². The molecular weight excluding hydrogens is 478 g/mol. The van der Waals surface area contributed by atoms with E-state index in [1.54, 1.807) is 17.6 Å². The quantitative estimate of drug-likeness (QED) is 0.434. The van der Waals surface area contributed by atoms with Crippen molar-refractivity contribution in [2.75, 3.05) is 19.5 Å². The lowest BCUT2D eigenvalue weighted by Gasteiger charge is -2.43. The largest absolute Gasteiger partial charge is 0.394 e. The number of rotatable bonds is 6. The summed E-state index contributed by atoms with van der Waals surface area (Å²) in [4.78, 5) is 12.1. The fourth-order valence-electron chi connectivity index (χ4n) is 3.36. The number of aliphatic hydroxyl groups is 2. The van der Waals surface area contributed by atoms with Gasteiger partial charge < -0.3 is 30.3 Å². The Bertz CT molecular complexity index is 1140. The van der Waals surface area contributed by atoms with E-state index in [4.69, 9.17) is 33.4 Å². The monoisotopic (exact) mass is 495 g/mol. The highest BCUT2D eigenvalue weighted by molar-refractivity contribution is 8.00. The van der Waals surface area contributed by atoms with Gasteiger partial charge in [-0.25, -0.2) is 9.67 Å². The summed E-state index contributed by atoms with van der Waals surface area (Å²) in [5.41, 5.74) is 6.03. The van der Waals surface area contributed by atoms with Crippen molar-refractivity contribution in [2.45, 2.75) is 34.7 Å². The molecule has 32 heavy (non-hydrogen) atoms. The van der Waals surface area contributed by atoms with Crippen LogP contribution in [0.15, 0.2) is 28.7 Å². The fraction of sp³-hybridized carbons (Fsp3) is 0.389. The maximum Gasteiger partial charge on any atom is 0.283 e. The zero-order valence-electron chi connectivity index (χ0n) is 16.6. The molecule has 5 atom stereocenters. The van der Waals surface area contributed by atoms with E-state index in [9.17, 15) is 10.2 Å². The minimum absolute atomic E-state index is 0.158. The summed E-state index contributed by atoms with van der Waals surface area (Å²) in [7, 11) is 1.48. The number of anilines is 1. The highest BCUT2D eigenvalue weighted by Crippen LogP contribution is 2.42. The molecular formula is C18H18ClN7O4S2. The van der Waals surface area contributed by atoms with E-state index in [1.807, 2.05) is 0 Å². The number of hydrogen-bond acceptors (Lipinski definition) is 11. The van der Waals surface area contributed by atoms with Gasteiger partial charge in [-0.15, -0.1) is 33.2 Å². The molecule has 1 aliphatic heterocycles. The third-order valence-corrected chi connectivity index (χ3v) is 6.89. The maximum atomic E-state index is 10.9. The minimum Gasteiger partial charge on any atom is -0.394 e. The Balaban J connectivity index is 1.68. The SMILES string of the molecule is [C-]#[N+]c1ncc(Cl)cc1S[C@H]1OC(CO)[C@H](O)[C@H](n2cc(-c3csc(N)n3)nn2)C1OC. The molecule has 0 spiro atoms. The van der Waals surface area contributed by atoms with Crippen molar-refractivity contribution in [1.29, 1.82) is 0 Å². The zero-order chi connectivity index (χ0) is 22.8. The molecule has 0 radical (unpaired) electrons. The number of aromatic nitrogens is 5. The standard InChI is InChI=1S/C18H18ClN7O4S2/c1-21-16-12(3-8(19)4-22-16)32-17-15(29-2)13(14(28)11(6-27)30-17)26-5-9(24-25-26)10-7-31-18(20)23-10/h3-5,7,11,13-15,17,27-28H,6H2,2H3,(H2,20,23)/t11?,13-,14-,15?,17+/m0/s1. The molecule has 0 saturated carbocycles. The van der Waals surface area contributed by atoms with Crippen LogP contribution in [0.3, 0.4) is 0 Å². The predicted molar refractivity (Wildman–Crippen MR) is 118 cm³/mol. The first kappa shape index (κ1) is 22.9. The number of methoxy groups -OCH3 is 1. The minimum atomic E-state index is -1.14. The summed E-state index contributed by atoms with van der Waals surface area (Å²) >= 11 is 8.51. The molecule has 168 valence electrons. The van der Waals surface area contributed by atoms with Crippen molar-refractivity contribution in [3.63, 3.8) is 0 Å². The number of nitrogens with two attached hydrogens (primary N) is 1. The average molecular weight is 496 g/mol. The molecule has 1 saturated heterocycles. The number of thiazole rings is 1. The van der Waals surface area contributed by atoms with E-state index in [-0.39, 0.29) is 5.82 Å². The Kier molecular flexibility index (Phi) is 6.91. The van der Waals surface area contributed by atoms with Crippen LogP contribution in [0.25, 0.3) is 16.2 Å². The van der Waals surface area contributed by atoms with E-state index in [1.165, 1.54) is 41.1 Å². The second kappa shape index (κ2) is 9.67. The molecule has 4 rings (SSSR count). The molecule has 4 N–H and O–H groups in total. The highest BCUT2D eigenvalue weighted by atomic mass is 35.5. The van der Waals surface area contributed by atoms with Gasteiger partial charge in [-0.1, -0.05) is 23.4 Å². The summed E-state index contributed by atoms with van der Waals surface area (Å²) < 4.78 is 13.1. The second-order valence-electron chi connectivity index (χ2n) is 6.77. The van der Waals surface area contributed by atoms with Crippen LogP contribution in [0.1, 0.15) is 6.04 Å². The van der Waals surface area contributed by atoms with Crippen LogP contribution in [-0.4, -0.2) is 72.6 Å². The van der Waals surface area contributed by atoms with Crippen LogP contribution < -0.4 is 5.73 Å². The Labute approximate surface area is 196 Å². The predicted octanol–water partition coefficient (Wildman–Crippen LogP) is 2.01. The molecule has 1 fully saturated rings. The van der Waals surface area contributed by atoms with Crippen LogP contribution in [0.5, 0.6) is 0 Å². The second-order valence-corrected chi connectivity index (χ2v) is 9.23. The van der Waals surface area contributed by atoms with E-state index in [2.05, 4.69) is 25.1 Å². The smallest absolute Gasteiger partial charge is 0.283 e. The van der Waals surface area contributed by atoms with Gasteiger partial charge >= 0.3 is 0 Å². The van der Waals surface area contributed by atoms with Gasteiger partial charge in [-0.3, -0.25) is 0 Å². The molecule has 3 aromatic heterocycles. The lowest BCUT2D eigenvalue weighted by atomic mass is 9.97. The molecule has 3 aromatic rings. The summed E-state index contributed by atoms with van der Waals surface area (Å²) in [5.74, 6) is 0.158. The van der Waals surface area contributed by atoms with Crippen molar-refractivity contribution in [3.05, 3.63) is 40.3 Å². The third kappa shape index (κ3) is 4.44. The number of hydrogen-bond donors (Lipinski definition) is 3. The molecule has 0 amide bonds. The molecule has 2 unspecified atom stereocenters. The summed E-state index contributed by atoms with van der Waals surface area (Å²) in [6, 6.07) is 0.862. The fourth-order valence-corrected chi connectivity index (χ4v) is 5.40. The number of nitrogens with zero attached hydrogens (tertiary/aromatic N) is 6. The number of ether oxygens (including phenoxy) is 2. The maximum absolute atomic E-state index is 10.9. The molecule has 1 aliphatic rings. The van der Waals surface area contributed by atoms with E-state index in [0.717, 1.165) is 0 Å². The number of halogens is 1. The van der Waals surface area contributed by atoms with Gasteiger partial charge in [0.05, 0.1) is 17.8 Å². The van der Waals surface area contributed by atoms with Gasteiger partial charge in [-0.2, -0.15) is 0 Å². The number of nitrogen functional groups attached to an aromatic ring is 1. The van der Waals surface area contributed by atoms with Crippen LogP contribution in [0.4, 0.5) is 10.9 Å². The Hall–Kier alpha value is -2.31. The molecule has 4 heterocycles. The first-order chi connectivity index (χ1) is 15.4. The van der Waals surface area contributed by atoms with Gasteiger partial charge in [0.15, 0.2) is 5.13 Å². The van der Waals surface area contributed by atoms with Crippen LogP contribution >= 0.6 is 34.7 Å². The Morgan fingerprint density at radius 2 is 2.28 bits per heavy atom. The van der Waals surface area contributed by atoms with Crippen molar-refractivity contribution in [3.8, 4) is 11.4 Å². The first-order valence-electron chi connectivity index (χ1n) is 9.25. The van der Waals surface area contributed by atoms with Gasteiger partial charge in [-0.05, 0) is 6.07 Å². The van der Waals surface area contributed by atoms with E-state index < -0.39 is 36.4 Å². The van der Waals surface area contributed by atoms with Gasteiger partial charge in [0, 0.05) is 17.4 Å². The normalized spacial score (nSPS) is 25.5.